The molecule has 55 heavy (non-hydrogen) atoms. The number of nitrogens with zero attached hydrogens (tertiary/aromatic N) is 3. The van der Waals surface area contributed by atoms with Gasteiger partial charge in [0.1, 0.15) is 6.04 Å². The number of halogens is 4. The molecule has 2 aliphatic rings. The van der Waals surface area contributed by atoms with Gasteiger partial charge in [0.05, 0.1) is 12.6 Å². The molecule has 0 bridgehead atoms. The molecule has 14 nitrogen and oxygen atoms in total. The number of nitrogens with one attached hydrogen (secondary N) is 5. The number of ether oxygens (including phenoxy) is 2. The lowest BCUT2D eigenvalue weighted by Crippen LogP contribution is -2.49. The topological polar surface area (TPSA) is 186 Å². The second kappa shape index (κ2) is 17.1. The Balaban J connectivity index is 1.19. The summed E-state index contributed by atoms with van der Waals surface area (Å²) >= 11 is 6.03. The van der Waals surface area contributed by atoms with E-state index in [1.54, 1.807) is 12.1 Å². The van der Waals surface area contributed by atoms with E-state index in [4.69, 9.17) is 21.1 Å². The minimum Gasteiger partial charge on any atom is -0.467 e. The van der Waals surface area contributed by atoms with Crippen molar-refractivity contribution in [3.63, 3.8) is 0 Å². The summed E-state index contributed by atoms with van der Waals surface area (Å²) in [6.07, 6.45) is -0.689. The number of methoxy groups -OCH3 is 1. The number of aromatic nitrogens is 3. The third-order valence-corrected chi connectivity index (χ3v) is 9.57. The molecule has 5 rings (SSSR count). The van der Waals surface area contributed by atoms with Crippen LogP contribution in [0.1, 0.15) is 75.2 Å². The summed E-state index contributed by atoms with van der Waals surface area (Å²) in [5, 5.41) is 14.5. The van der Waals surface area contributed by atoms with Crippen molar-refractivity contribution < 1.29 is 41.8 Å². The van der Waals surface area contributed by atoms with Crippen LogP contribution in [-0.4, -0.2) is 77.2 Å². The minimum atomic E-state index is -4.63. The molecule has 0 spiro atoms. The van der Waals surface area contributed by atoms with E-state index in [9.17, 15) is 32.3 Å². The van der Waals surface area contributed by atoms with Crippen LogP contribution in [-0.2, 0) is 24.7 Å². The van der Waals surface area contributed by atoms with Crippen molar-refractivity contribution in [3.05, 3.63) is 64.7 Å². The molecule has 0 aliphatic heterocycles. The van der Waals surface area contributed by atoms with E-state index >= 15 is 0 Å². The molecule has 1 aromatic heterocycles. The van der Waals surface area contributed by atoms with E-state index in [-0.39, 0.29) is 41.9 Å². The quantitative estimate of drug-likeness (QED) is 0.104. The monoisotopic (exact) mass is 788 g/mol. The van der Waals surface area contributed by atoms with Gasteiger partial charge >= 0.3 is 30.0 Å². The summed E-state index contributed by atoms with van der Waals surface area (Å²) in [5.41, 5.74) is 0.913. The van der Waals surface area contributed by atoms with Gasteiger partial charge in [-0.15, -0.1) is 0 Å². The Hall–Kier alpha value is -5.19. The van der Waals surface area contributed by atoms with Gasteiger partial charge in [-0.1, -0.05) is 44.5 Å². The molecule has 3 aromatic rings. The second-order valence-corrected chi connectivity index (χ2v) is 15.2. The molecule has 2 saturated carbocycles. The van der Waals surface area contributed by atoms with E-state index in [1.165, 1.54) is 24.3 Å². The SMILES string of the molecule is COC(=O)[C@H](CCNC(=O)C(=O)NC1CC(C)CC(C)(C)C1)NC(=O)c1ccc(Nc2nc(NC3(c4ccc(Cl)cc4)CC3)nc(OCC(F)(F)F)n2)cc1. The molecule has 1 heterocycles. The highest BCUT2D eigenvalue weighted by Gasteiger charge is 2.45. The molecule has 2 aromatic carbocycles. The lowest BCUT2D eigenvalue weighted by molar-refractivity contribution is -0.154. The predicted octanol–water partition coefficient (Wildman–Crippen LogP) is 5.42. The van der Waals surface area contributed by atoms with Crippen molar-refractivity contribution in [2.45, 2.75) is 83.1 Å². The number of benzene rings is 2. The Kier molecular flexibility index (Phi) is 12.7. The molecule has 2 unspecified atom stereocenters. The van der Waals surface area contributed by atoms with Gasteiger partial charge in [0, 0.05) is 28.9 Å². The number of amides is 3. The summed E-state index contributed by atoms with van der Waals surface area (Å²) < 4.78 is 48.6. The fourth-order valence-corrected chi connectivity index (χ4v) is 6.98. The molecule has 0 radical (unpaired) electrons. The van der Waals surface area contributed by atoms with Crippen LogP contribution in [0.25, 0.3) is 0 Å². The summed E-state index contributed by atoms with van der Waals surface area (Å²) in [6.45, 7) is 4.66. The highest BCUT2D eigenvalue weighted by molar-refractivity contribution is 6.35. The summed E-state index contributed by atoms with van der Waals surface area (Å²) in [7, 11) is 1.16. The number of carbonyl (C=O) groups is 4. The molecule has 3 amide bonds. The van der Waals surface area contributed by atoms with Gasteiger partial charge in [0.15, 0.2) is 6.61 Å². The Morgan fingerprint density at radius 2 is 1.62 bits per heavy atom. The van der Waals surface area contributed by atoms with E-state index in [1.807, 2.05) is 12.1 Å². The second-order valence-electron chi connectivity index (χ2n) is 14.8. The maximum absolute atomic E-state index is 13.1. The average molecular weight is 789 g/mol. The zero-order valence-corrected chi connectivity index (χ0v) is 31.6. The summed E-state index contributed by atoms with van der Waals surface area (Å²) in [5.74, 6) is -2.74. The maximum atomic E-state index is 13.1. The van der Waals surface area contributed by atoms with Gasteiger partial charge in [-0.25, -0.2) is 4.79 Å². The van der Waals surface area contributed by atoms with Gasteiger partial charge < -0.3 is 36.1 Å². The normalized spacial score (nSPS) is 18.9. The molecule has 2 aliphatic carbocycles. The molecule has 18 heteroatoms. The van der Waals surface area contributed by atoms with Crippen molar-refractivity contribution in [3.8, 4) is 6.01 Å². The third-order valence-electron chi connectivity index (χ3n) is 9.32. The number of esters is 1. The van der Waals surface area contributed by atoms with Crippen molar-refractivity contribution in [2.24, 2.45) is 11.3 Å². The van der Waals surface area contributed by atoms with Crippen molar-refractivity contribution >= 4 is 52.9 Å². The van der Waals surface area contributed by atoms with Crippen LogP contribution in [0.15, 0.2) is 48.5 Å². The maximum Gasteiger partial charge on any atom is 0.422 e. The average Bonchev–Trinajstić information content (AvgIpc) is 3.89. The highest BCUT2D eigenvalue weighted by atomic mass is 35.5. The van der Waals surface area contributed by atoms with Gasteiger partial charge in [-0.2, -0.15) is 28.1 Å². The first-order chi connectivity index (χ1) is 25.9. The fourth-order valence-electron chi connectivity index (χ4n) is 6.86. The summed E-state index contributed by atoms with van der Waals surface area (Å²) in [6, 6.07) is 11.2. The first kappa shape index (κ1) is 41.0. The lowest BCUT2D eigenvalue weighted by atomic mass is 9.70. The van der Waals surface area contributed by atoms with Crippen LogP contribution in [0.2, 0.25) is 5.02 Å². The third kappa shape index (κ3) is 11.9. The fraction of sp³-hybridized carbons (Fsp3) is 0.486. The molecule has 3 atom stereocenters. The van der Waals surface area contributed by atoms with Crippen molar-refractivity contribution in [2.75, 3.05) is 30.9 Å². The van der Waals surface area contributed by atoms with Crippen molar-refractivity contribution in [1.82, 2.24) is 30.9 Å². The lowest BCUT2D eigenvalue weighted by Gasteiger charge is -2.39. The first-order valence-corrected chi connectivity index (χ1v) is 18.1. The van der Waals surface area contributed by atoms with Crippen molar-refractivity contribution in [1.29, 1.82) is 0 Å². The molecule has 296 valence electrons. The number of alkyl halides is 3. The molecular formula is C37H44ClF3N8O6. The molecular weight excluding hydrogens is 745 g/mol. The van der Waals surface area contributed by atoms with E-state index < -0.39 is 54.1 Å². The first-order valence-electron chi connectivity index (χ1n) is 17.8. The van der Waals surface area contributed by atoms with Gasteiger partial charge in [0.25, 0.3) is 5.91 Å². The van der Waals surface area contributed by atoms with Crippen LogP contribution in [0.3, 0.4) is 0 Å². The van der Waals surface area contributed by atoms with E-state index in [2.05, 4.69) is 62.3 Å². The van der Waals surface area contributed by atoms with Crippen LogP contribution < -0.4 is 31.3 Å². The standard InChI is InChI=1S/C37H44ClF3N8O6/c1-21-17-26(19-35(2,3)18-21)43-30(52)29(51)42-16-13-27(31(53)54-4)45-28(50)22-5-11-25(12-6-22)44-32-46-33(48-34(47-32)55-20-37(39,40)41)49-36(14-15-36)23-7-9-24(38)10-8-23/h5-12,21,26-27H,13-20H2,1-4H3,(H,42,51)(H,43,52)(H,45,50)(H2,44,46,47,48,49)/t21?,26?,27-/m0/s1. The highest BCUT2D eigenvalue weighted by Crippen LogP contribution is 2.48. The Morgan fingerprint density at radius 3 is 2.24 bits per heavy atom. The Morgan fingerprint density at radius 1 is 0.945 bits per heavy atom. The van der Waals surface area contributed by atoms with E-state index in [0.717, 1.165) is 31.9 Å². The van der Waals surface area contributed by atoms with Gasteiger partial charge in [0.2, 0.25) is 11.9 Å². The largest absolute Gasteiger partial charge is 0.467 e. The van der Waals surface area contributed by atoms with Crippen LogP contribution >= 0.6 is 11.6 Å². The molecule has 0 saturated heterocycles. The van der Waals surface area contributed by atoms with E-state index in [0.29, 0.717) is 29.5 Å². The number of hydrogen-bond acceptors (Lipinski definition) is 11. The molecule has 5 N–H and O–H groups in total. The minimum absolute atomic E-state index is 0.0216. The smallest absolute Gasteiger partial charge is 0.422 e. The van der Waals surface area contributed by atoms with Crippen LogP contribution in [0, 0.1) is 11.3 Å². The predicted molar refractivity (Wildman–Crippen MR) is 197 cm³/mol. The Labute approximate surface area is 321 Å². The summed E-state index contributed by atoms with van der Waals surface area (Å²) in [4.78, 5) is 63.1. The number of carbonyl (C=O) groups excluding carboxylic acids is 4. The van der Waals surface area contributed by atoms with Crippen LogP contribution in [0.4, 0.5) is 30.8 Å². The zero-order chi connectivity index (χ0) is 40.0. The van der Waals surface area contributed by atoms with Crippen LogP contribution in [0.5, 0.6) is 6.01 Å². The number of hydrogen-bond donors (Lipinski definition) is 5. The zero-order valence-electron chi connectivity index (χ0n) is 30.8. The Bertz CT molecular complexity index is 1860. The molecule has 2 fully saturated rings. The van der Waals surface area contributed by atoms with Gasteiger partial charge in [-0.3, -0.25) is 14.4 Å². The van der Waals surface area contributed by atoms with Gasteiger partial charge in [-0.05, 0) is 91.8 Å². The number of rotatable bonds is 14. The number of anilines is 3.